The van der Waals surface area contributed by atoms with Crippen molar-refractivity contribution in [2.75, 3.05) is 26.0 Å². The molecule has 1 fully saturated rings. The molecular weight excluding hydrogens is 293 g/mol. The number of halogens is 1. The second-order valence-corrected chi connectivity index (χ2v) is 7.66. The molecular formula is C15H22FNO3S. The highest BCUT2D eigenvalue weighted by atomic mass is 32.2. The van der Waals surface area contributed by atoms with Crippen molar-refractivity contribution in [2.24, 2.45) is 5.92 Å². The van der Waals surface area contributed by atoms with Gasteiger partial charge >= 0.3 is 0 Å². The van der Waals surface area contributed by atoms with Crippen LogP contribution in [-0.4, -0.2) is 43.8 Å². The number of piperidine rings is 1. The van der Waals surface area contributed by atoms with Crippen LogP contribution in [0.4, 0.5) is 4.39 Å². The number of nitrogens with zero attached hydrogens (tertiary/aromatic N) is 1. The lowest BCUT2D eigenvalue weighted by Gasteiger charge is -2.35. The summed E-state index contributed by atoms with van der Waals surface area (Å²) < 4.78 is 38.0. The summed E-state index contributed by atoms with van der Waals surface area (Å²) in [4.78, 5) is 0. The van der Waals surface area contributed by atoms with E-state index in [0.29, 0.717) is 19.5 Å². The first kappa shape index (κ1) is 16.4. The molecule has 1 saturated heterocycles. The van der Waals surface area contributed by atoms with Gasteiger partial charge in [0.25, 0.3) is 0 Å². The van der Waals surface area contributed by atoms with Crippen LogP contribution in [0.2, 0.25) is 0 Å². The second kappa shape index (κ2) is 6.85. The molecule has 0 radical (unpaired) electrons. The first-order valence-corrected chi connectivity index (χ1v) is 9.08. The molecule has 0 amide bonds. The van der Waals surface area contributed by atoms with Crippen molar-refractivity contribution < 1.29 is 17.9 Å². The van der Waals surface area contributed by atoms with Crippen LogP contribution < -0.4 is 0 Å². The molecule has 118 valence electrons. The zero-order valence-electron chi connectivity index (χ0n) is 12.2. The Morgan fingerprint density at radius 3 is 2.57 bits per heavy atom. The number of hydrogen-bond donors (Lipinski definition) is 1. The van der Waals surface area contributed by atoms with Gasteiger partial charge in [0.15, 0.2) is 0 Å². The van der Waals surface area contributed by atoms with Gasteiger partial charge in [-0.3, -0.25) is 0 Å². The van der Waals surface area contributed by atoms with Crippen LogP contribution in [0.3, 0.4) is 0 Å². The van der Waals surface area contributed by atoms with Gasteiger partial charge in [-0.05, 0) is 48.8 Å². The number of benzene rings is 1. The number of sulfonamides is 1. The minimum Gasteiger partial charge on any atom is -0.396 e. The predicted molar refractivity (Wildman–Crippen MR) is 80.0 cm³/mol. The average Bonchev–Trinajstić information content (AvgIpc) is 2.44. The van der Waals surface area contributed by atoms with Gasteiger partial charge in [-0.1, -0.05) is 12.1 Å². The second-order valence-electron chi connectivity index (χ2n) is 5.67. The minimum absolute atomic E-state index is 0.0491. The summed E-state index contributed by atoms with van der Waals surface area (Å²) in [5, 5.41) is 9.28. The molecule has 1 aromatic rings. The summed E-state index contributed by atoms with van der Waals surface area (Å²) in [6.45, 7) is 1.05. The van der Waals surface area contributed by atoms with E-state index in [1.807, 2.05) is 6.07 Å². The Hall–Kier alpha value is -0.980. The Kier molecular flexibility index (Phi) is 5.35. The maximum atomic E-state index is 13.4. The SMILES string of the molecule is CS(=O)(=O)N1CCC([C@@H](CCO)c2cccc(F)c2)CC1. The third-order valence-corrected chi connectivity index (χ3v) is 5.56. The van der Waals surface area contributed by atoms with Crippen LogP contribution in [0, 0.1) is 11.7 Å². The maximum Gasteiger partial charge on any atom is 0.211 e. The van der Waals surface area contributed by atoms with Crippen molar-refractivity contribution in [3.63, 3.8) is 0 Å². The molecule has 1 aliphatic rings. The molecule has 1 atom stereocenters. The monoisotopic (exact) mass is 315 g/mol. The summed E-state index contributed by atoms with van der Waals surface area (Å²) in [7, 11) is -3.13. The molecule has 4 nitrogen and oxygen atoms in total. The summed E-state index contributed by atoms with van der Waals surface area (Å²) in [5.74, 6) is 0.0772. The van der Waals surface area contributed by atoms with E-state index >= 15 is 0 Å². The van der Waals surface area contributed by atoms with Crippen LogP contribution in [0.25, 0.3) is 0 Å². The molecule has 0 bridgehead atoms. The third kappa shape index (κ3) is 4.25. The van der Waals surface area contributed by atoms with E-state index in [9.17, 15) is 17.9 Å². The van der Waals surface area contributed by atoms with Crippen molar-refractivity contribution in [2.45, 2.75) is 25.2 Å². The van der Waals surface area contributed by atoms with E-state index in [1.54, 1.807) is 6.07 Å². The highest BCUT2D eigenvalue weighted by molar-refractivity contribution is 7.88. The van der Waals surface area contributed by atoms with Crippen LogP contribution in [0.15, 0.2) is 24.3 Å². The molecule has 21 heavy (non-hydrogen) atoms. The van der Waals surface area contributed by atoms with Crippen LogP contribution in [-0.2, 0) is 10.0 Å². The predicted octanol–water partition coefficient (Wildman–Crippen LogP) is 1.96. The van der Waals surface area contributed by atoms with E-state index < -0.39 is 10.0 Å². The number of aliphatic hydroxyl groups excluding tert-OH is 1. The van der Waals surface area contributed by atoms with E-state index in [-0.39, 0.29) is 24.3 Å². The highest BCUT2D eigenvalue weighted by Gasteiger charge is 2.30. The molecule has 6 heteroatoms. The van der Waals surface area contributed by atoms with Gasteiger partial charge in [0.2, 0.25) is 10.0 Å². The van der Waals surface area contributed by atoms with Gasteiger partial charge in [-0.2, -0.15) is 0 Å². The fraction of sp³-hybridized carbons (Fsp3) is 0.600. The van der Waals surface area contributed by atoms with Crippen molar-refractivity contribution in [3.8, 4) is 0 Å². The van der Waals surface area contributed by atoms with Gasteiger partial charge < -0.3 is 5.11 Å². The van der Waals surface area contributed by atoms with Gasteiger partial charge in [0.1, 0.15) is 5.82 Å². The fourth-order valence-electron chi connectivity index (χ4n) is 3.16. The Balaban J connectivity index is 2.10. The largest absolute Gasteiger partial charge is 0.396 e. The van der Waals surface area contributed by atoms with E-state index in [0.717, 1.165) is 18.4 Å². The summed E-state index contributed by atoms with van der Waals surface area (Å²) in [5.41, 5.74) is 0.891. The van der Waals surface area contributed by atoms with Crippen LogP contribution in [0.5, 0.6) is 0 Å². The lowest BCUT2D eigenvalue weighted by molar-refractivity contribution is 0.206. The zero-order chi connectivity index (χ0) is 15.5. The van der Waals surface area contributed by atoms with Crippen molar-refractivity contribution in [3.05, 3.63) is 35.6 Å². The van der Waals surface area contributed by atoms with E-state index in [1.165, 1.54) is 22.7 Å². The Morgan fingerprint density at radius 1 is 1.38 bits per heavy atom. The van der Waals surface area contributed by atoms with Gasteiger partial charge in [-0.15, -0.1) is 0 Å². The number of aliphatic hydroxyl groups is 1. The molecule has 0 aliphatic carbocycles. The Bertz CT molecular complexity index is 568. The molecule has 0 spiro atoms. The number of hydrogen-bond acceptors (Lipinski definition) is 3. The quantitative estimate of drug-likeness (QED) is 0.904. The Labute approximate surface area is 125 Å². The molecule has 1 N–H and O–H groups in total. The van der Waals surface area contributed by atoms with Crippen LogP contribution in [0.1, 0.15) is 30.7 Å². The molecule has 2 rings (SSSR count). The van der Waals surface area contributed by atoms with E-state index in [4.69, 9.17) is 0 Å². The Morgan fingerprint density at radius 2 is 2.05 bits per heavy atom. The lowest BCUT2D eigenvalue weighted by atomic mass is 9.79. The standard InChI is InChI=1S/C15H22FNO3S/c1-21(19,20)17-8-5-12(6-9-17)15(7-10-18)13-3-2-4-14(16)11-13/h2-4,11-12,15,18H,5-10H2,1H3/t15-/m1/s1. The molecule has 0 aromatic heterocycles. The van der Waals surface area contributed by atoms with Crippen molar-refractivity contribution >= 4 is 10.0 Å². The molecule has 1 aliphatic heterocycles. The normalized spacial score (nSPS) is 19.6. The maximum absolute atomic E-state index is 13.4. The van der Waals surface area contributed by atoms with Gasteiger partial charge in [0, 0.05) is 19.7 Å². The third-order valence-electron chi connectivity index (χ3n) is 4.25. The molecule has 1 heterocycles. The molecule has 0 saturated carbocycles. The first-order valence-electron chi connectivity index (χ1n) is 7.23. The first-order chi connectivity index (χ1) is 9.91. The zero-order valence-corrected chi connectivity index (χ0v) is 13.0. The average molecular weight is 315 g/mol. The van der Waals surface area contributed by atoms with Crippen molar-refractivity contribution in [1.82, 2.24) is 4.31 Å². The minimum atomic E-state index is -3.13. The fourth-order valence-corrected chi connectivity index (χ4v) is 4.03. The topological polar surface area (TPSA) is 57.6 Å². The van der Waals surface area contributed by atoms with Crippen molar-refractivity contribution in [1.29, 1.82) is 0 Å². The molecule has 1 aromatic carbocycles. The smallest absolute Gasteiger partial charge is 0.211 e. The van der Waals surface area contributed by atoms with Gasteiger partial charge in [-0.25, -0.2) is 17.1 Å². The summed E-state index contributed by atoms with van der Waals surface area (Å²) in [6.07, 6.45) is 3.29. The summed E-state index contributed by atoms with van der Waals surface area (Å²) in [6, 6.07) is 6.49. The molecule has 0 unspecified atom stereocenters. The van der Waals surface area contributed by atoms with E-state index in [2.05, 4.69) is 0 Å². The lowest BCUT2D eigenvalue weighted by Crippen LogP contribution is -2.39. The number of rotatable bonds is 5. The highest BCUT2D eigenvalue weighted by Crippen LogP contribution is 2.35. The summed E-state index contributed by atoms with van der Waals surface area (Å²) >= 11 is 0. The van der Waals surface area contributed by atoms with Gasteiger partial charge in [0.05, 0.1) is 6.26 Å². The van der Waals surface area contributed by atoms with Crippen LogP contribution >= 0.6 is 0 Å².